The molecule has 0 aliphatic carbocycles. The SMILES string of the molecule is CCN(CC)CCS/C(=N\O)c1nc(C)no1. The van der Waals surface area contributed by atoms with Gasteiger partial charge in [0.2, 0.25) is 5.04 Å². The number of nitrogens with zero attached hydrogens (tertiary/aromatic N) is 4. The Morgan fingerprint density at radius 2 is 2.18 bits per heavy atom. The minimum Gasteiger partial charge on any atom is -0.410 e. The third-order valence-corrected chi connectivity index (χ3v) is 3.26. The second-order valence-corrected chi connectivity index (χ2v) is 4.51. The first kappa shape index (κ1) is 14.0. The molecule has 0 fully saturated rings. The summed E-state index contributed by atoms with van der Waals surface area (Å²) < 4.78 is 4.94. The van der Waals surface area contributed by atoms with Gasteiger partial charge in [-0.2, -0.15) is 4.98 Å². The topological polar surface area (TPSA) is 74.8 Å². The molecule has 0 spiro atoms. The first-order valence-corrected chi connectivity index (χ1v) is 6.57. The van der Waals surface area contributed by atoms with Gasteiger partial charge in [0, 0.05) is 12.3 Å². The maximum absolute atomic E-state index is 8.89. The molecule has 0 saturated heterocycles. The number of aryl methyl sites for hydroxylation is 1. The van der Waals surface area contributed by atoms with Crippen LogP contribution >= 0.6 is 11.8 Å². The van der Waals surface area contributed by atoms with Crippen molar-refractivity contribution in [1.82, 2.24) is 15.0 Å². The monoisotopic (exact) mass is 258 g/mol. The van der Waals surface area contributed by atoms with Gasteiger partial charge in [-0.3, -0.25) is 0 Å². The van der Waals surface area contributed by atoms with Crippen LogP contribution in [0.15, 0.2) is 9.68 Å². The van der Waals surface area contributed by atoms with Gasteiger partial charge in [0.05, 0.1) is 0 Å². The number of oxime groups is 1. The lowest BCUT2D eigenvalue weighted by Gasteiger charge is -2.16. The average molecular weight is 258 g/mol. The molecule has 0 amide bonds. The van der Waals surface area contributed by atoms with Crippen LogP contribution in [0.4, 0.5) is 0 Å². The quantitative estimate of drug-likeness (QED) is 0.361. The molecule has 7 heteroatoms. The Morgan fingerprint density at radius 3 is 2.65 bits per heavy atom. The Labute approximate surface area is 105 Å². The first-order valence-electron chi connectivity index (χ1n) is 5.59. The van der Waals surface area contributed by atoms with E-state index in [2.05, 4.69) is 34.0 Å². The molecule has 0 saturated carbocycles. The molecule has 17 heavy (non-hydrogen) atoms. The van der Waals surface area contributed by atoms with Crippen molar-refractivity contribution in [3.05, 3.63) is 11.7 Å². The Hall–Kier alpha value is -1.08. The normalized spacial score (nSPS) is 12.4. The lowest BCUT2D eigenvalue weighted by molar-refractivity contribution is 0.317. The Bertz CT molecular complexity index is 363. The van der Waals surface area contributed by atoms with Gasteiger partial charge in [-0.25, -0.2) is 0 Å². The summed E-state index contributed by atoms with van der Waals surface area (Å²) in [5, 5.41) is 16.1. The standard InChI is InChI=1S/C10H18N4O2S/c1-4-14(5-2)6-7-17-10(12-15)9-11-8(3)13-16-9/h15H,4-7H2,1-3H3/b12-10-. The van der Waals surface area contributed by atoms with Crippen LogP contribution < -0.4 is 0 Å². The molecule has 1 heterocycles. The summed E-state index contributed by atoms with van der Waals surface area (Å²) in [4.78, 5) is 6.31. The maximum atomic E-state index is 8.89. The summed E-state index contributed by atoms with van der Waals surface area (Å²) in [6.07, 6.45) is 0. The van der Waals surface area contributed by atoms with Crippen LogP contribution in [0.2, 0.25) is 0 Å². The summed E-state index contributed by atoms with van der Waals surface area (Å²) in [6.45, 7) is 8.93. The fourth-order valence-electron chi connectivity index (χ4n) is 1.33. The summed E-state index contributed by atoms with van der Waals surface area (Å²) in [5.41, 5.74) is 0. The van der Waals surface area contributed by atoms with Crippen LogP contribution in [0, 0.1) is 6.92 Å². The molecule has 96 valence electrons. The lowest BCUT2D eigenvalue weighted by atomic mass is 10.5. The highest BCUT2D eigenvalue weighted by atomic mass is 32.2. The fourth-order valence-corrected chi connectivity index (χ4v) is 2.14. The van der Waals surface area contributed by atoms with Gasteiger partial charge < -0.3 is 14.6 Å². The predicted molar refractivity (Wildman–Crippen MR) is 67.6 cm³/mol. The summed E-state index contributed by atoms with van der Waals surface area (Å²) >= 11 is 1.41. The zero-order chi connectivity index (χ0) is 12.7. The number of aromatic nitrogens is 2. The van der Waals surface area contributed by atoms with Crippen molar-refractivity contribution in [3.8, 4) is 0 Å². The van der Waals surface area contributed by atoms with Crippen molar-refractivity contribution in [1.29, 1.82) is 0 Å². The van der Waals surface area contributed by atoms with E-state index >= 15 is 0 Å². The van der Waals surface area contributed by atoms with E-state index in [-0.39, 0.29) is 5.89 Å². The highest BCUT2D eigenvalue weighted by Crippen LogP contribution is 2.12. The Balaban J connectivity index is 2.44. The zero-order valence-corrected chi connectivity index (χ0v) is 11.2. The van der Waals surface area contributed by atoms with Crippen LogP contribution in [0.3, 0.4) is 0 Å². The molecular formula is C10H18N4O2S. The highest BCUT2D eigenvalue weighted by molar-refractivity contribution is 8.14. The molecule has 1 rings (SSSR count). The van der Waals surface area contributed by atoms with E-state index in [1.165, 1.54) is 11.8 Å². The van der Waals surface area contributed by atoms with Crippen molar-refractivity contribution in [2.75, 3.05) is 25.4 Å². The lowest BCUT2D eigenvalue weighted by Crippen LogP contribution is -2.25. The Morgan fingerprint density at radius 1 is 1.47 bits per heavy atom. The van der Waals surface area contributed by atoms with E-state index in [1.807, 2.05) is 0 Å². The van der Waals surface area contributed by atoms with Gasteiger partial charge in [-0.05, 0) is 20.0 Å². The van der Waals surface area contributed by atoms with Crippen molar-refractivity contribution < 1.29 is 9.73 Å². The van der Waals surface area contributed by atoms with Crippen molar-refractivity contribution >= 4 is 16.8 Å². The number of hydrogen-bond acceptors (Lipinski definition) is 7. The van der Waals surface area contributed by atoms with Gasteiger partial charge >= 0.3 is 0 Å². The second kappa shape index (κ2) is 7.29. The molecule has 0 aliphatic heterocycles. The molecular weight excluding hydrogens is 240 g/mol. The molecule has 1 aromatic heterocycles. The largest absolute Gasteiger partial charge is 0.410 e. The molecule has 1 N–H and O–H groups in total. The molecule has 0 unspecified atom stereocenters. The van der Waals surface area contributed by atoms with E-state index in [0.717, 1.165) is 25.4 Å². The fraction of sp³-hybridized carbons (Fsp3) is 0.700. The number of rotatable bonds is 6. The highest BCUT2D eigenvalue weighted by Gasteiger charge is 2.13. The van der Waals surface area contributed by atoms with Crippen LogP contribution in [0.5, 0.6) is 0 Å². The molecule has 0 atom stereocenters. The molecule has 0 aromatic carbocycles. The smallest absolute Gasteiger partial charge is 0.286 e. The van der Waals surface area contributed by atoms with E-state index in [9.17, 15) is 0 Å². The van der Waals surface area contributed by atoms with Crippen molar-refractivity contribution in [2.45, 2.75) is 20.8 Å². The van der Waals surface area contributed by atoms with E-state index in [1.54, 1.807) is 6.92 Å². The summed E-state index contributed by atoms with van der Waals surface area (Å²) in [7, 11) is 0. The van der Waals surface area contributed by atoms with E-state index in [0.29, 0.717) is 10.9 Å². The average Bonchev–Trinajstić information content (AvgIpc) is 2.76. The molecule has 6 nitrogen and oxygen atoms in total. The van der Waals surface area contributed by atoms with Gasteiger partial charge in [0.25, 0.3) is 5.89 Å². The minimum absolute atomic E-state index is 0.273. The Kier molecular flexibility index (Phi) is 5.99. The minimum atomic E-state index is 0.273. The molecule has 0 aliphatic rings. The molecule has 0 radical (unpaired) electrons. The summed E-state index contributed by atoms with van der Waals surface area (Å²) in [6, 6.07) is 0. The zero-order valence-electron chi connectivity index (χ0n) is 10.4. The van der Waals surface area contributed by atoms with E-state index in [4.69, 9.17) is 9.73 Å². The number of hydrogen-bond donors (Lipinski definition) is 1. The van der Waals surface area contributed by atoms with Gasteiger partial charge in [0.15, 0.2) is 5.82 Å². The predicted octanol–water partition coefficient (Wildman–Crippen LogP) is 1.59. The number of thioether (sulfide) groups is 1. The van der Waals surface area contributed by atoms with Crippen molar-refractivity contribution in [2.24, 2.45) is 5.16 Å². The van der Waals surface area contributed by atoms with Crippen LogP contribution in [0.25, 0.3) is 0 Å². The second-order valence-electron chi connectivity index (χ2n) is 3.43. The third kappa shape index (κ3) is 4.35. The molecule has 0 bridgehead atoms. The maximum Gasteiger partial charge on any atom is 0.286 e. The van der Waals surface area contributed by atoms with Crippen molar-refractivity contribution in [3.63, 3.8) is 0 Å². The summed E-state index contributed by atoms with van der Waals surface area (Å²) in [5.74, 6) is 1.63. The molecule has 1 aromatic rings. The van der Waals surface area contributed by atoms with E-state index < -0.39 is 0 Å². The van der Waals surface area contributed by atoms with Gasteiger partial charge in [-0.15, -0.1) is 0 Å². The first-order chi connectivity index (χ1) is 8.21. The van der Waals surface area contributed by atoms with Gasteiger partial charge in [-0.1, -0.05) is 35.9 Å². The van der Waals surface area contributed by atoms with Gasteiger partial charge in [0.1, 0.15) is 0 Å². The van der Waals surface area contributed by atoms with Crippen LogP contribution in [-0.2, 0) is 0 Å². The van der Waals surface area contributed by atoms with Crippen LogP contribution in [-0.4, -0.2) is 50.7 Å². The third-order valence-electron chi connectivity index (χ3n) is 2.34. The van der Waals surface area contributed by atoms with Crippen LogP contribution in [0.1, 0.15) is 25.6 Å².